The van der Waals surface area contributed by atoms with E-state index in [1.165, 1.54) is 0 Å². The Balaban J connectivity index is 2.55. The highest BCUT2D eigenvalue weighted by Gasteiger charge is 2.19. The van der Waals surface area contributed by atoms with Crippen molar-refractivity contribution in [2.45, 2.75) is 52.7 Å². The van der Waals surface area contributed by atoms with Crippen molar-refractivity contribution in [3.63, 3.8) is 0 Å². The number of tetrazole rings is 1. The molecule has 0 saturated carbocycles. The van der Waals surface area contributed by atoms with Crippen LogP contribution in [0.15, 0.2) is 0 Å². The summed E-state index contributed by atoms with van der Waals surface area (Å²) in [4.78, 5) is 11.1. The number of hydrogen-bond acceptors (Lipinski definition) is 5. The fourth-order valence-corrected chi connectivity index (χ4v) is 1.69. The minimum absolute atomic E-state index is 0.324. The molecule has 0 spiro atoms. The molecule has 18 heavy (non-hydrogen) atoms. The van der Waals surface area contributed by atoms with Gasteiger partial charge in [-0.2, -0.15) is 0 Å². The number of nitrogens with one attached hydrogen (secondary N) is 1. The highest BCUT2D eigenvalue weighted by molar-refractivity contribution is 5.73. The topological polar surface area (TPSA) is 92.9 Å². The number of aryl methyl sites for hydroxylation is 1. The summed E-state index contributed by atoms with van der Waals surface area (Å²) in [6.45, 7) is 7.15. The molecular weight excluding hydrogens is 234 g/mol. The molecule has 0 amide bonds. The second kappa shape index (κ2) is 7.05. The molecule has 0 radical (unpaired) electrons. The second-order valence-corrected chi connectivity index (χ2v) is 4.72. The fourth-order valence-electron chi connectivity index (χ4n) is 1.69. The Bertz CT molecular complexity index is 377. The van der Waals surface area contributed by atoms with Gasteiger partial charge in [-0.05, 0) is 29.2 Å². The molecule has 0 bridgehead atoms. The molecule has 1 rings (SSSR count). The summed E-state index contributed by atoms with van der Waals surface area (Å²) in [6, 6.07) is -0.559. The average Bonchev–Trinajstić information content (AvgIpc) is 2.71. The third-order valence-corrected chi connectivity index (χ3v) is 2.55. The van der Waals surface area contributed by atoms with E-state index in [0.29, 0.717) is 24.7 Å². The van der Waals surface area contributed by atoms with Crippen LogP contribution in [0.2, 0.25) is 0 Å². The predicted octanol–water partition coefficient (Wildman–Crippen LogP) is 0.672. The van der Waals surface area contributed by atoms with E-state index < -0.39 is 12.0 Å². The molecular formula is C11H21N5O2. The van der Waals surface area contributed by atoms with Crippen molar-refractivity contribution in [3.8, 4) is 0 Å². The first-order valence-corrected chi connectivity index (χ1v) is 6.25. The van der Waals surface area contributed by atoms with E-state index in [0.717, 1.165) is 13.0 Å². The number of carboxylic acids is 1. The summed E-state index contributed by atoms with van der Waals surface area (Å²) >= 11 is 0. The fraction of sp³-hybridized carbons (Fsp3) is 0.818. The number of aromatic nitrogens is 4. The first-order valence-electron chi connectivity index (χ1n) is 6.25. The van der Waals surface area contributed by atoms with Crippen LogP contribution in [0, 0.1) is 5.92 Å². The molecule has 1 aromatic rings. The average molecular weight is 255 g/mol. The molecule has 102 valence electrons. The van der Waals surface area contributed by atoms with Crippen molar-refractivity contribution in [1.82, 2.24) is 25.5 Å². The SMILES string of the molecule is CCCn1nnnc1CNC(CC(C)C)C(=O)O. The lowest BCUT2D eigenvalue weighted by Crippen LogP contribution is -2.38. The van der Waals surface area contributed by atoms with Gasteiger partial charge in [0.15, 0.2) is 5.82 Å². The third-order valence-electron chi connectivity index (χ3n) is 2.55. The molecule has 0 aliphatic carbocycles. The molecule has 0 aliphatic heterocycles. The molecule has 7 nitrogen and oxygen atoms in total. The van der Waals surface area contributed by atoms with Crippen LogP contribution in [-0.2, 0) is 17.9 Å². The van der Waals surface area contributed by atoms with Crippen LogP contribution >= 0.6 is 0 Å². The minimum atomic E-state index is -0.835. The smallest absolute Gasteiger partial charge is 0.320 e. The van der Waals surface area contributed by atoms with Gasteiger partial charge in [0, 0.05) is 6.54 Å². The van der Waals surface area contributed by atoms with Gasteiger partial charge in [-0.15, -0.1) is 5.10 Å². The zero-order valence-electron chi connectivity index (χ0n) is 11.1. The van der Waals surface area contributed by atoms with Crippen molar-refractivity contribution in [2.75, 3.05) is 0 Å². The van der Waals surface area contributed by atoms with Crippen molar-refractivity contribution in [2.24, 2.45) is 5.92 Å². The monoisotopic (exact) mass is 255 g/mol. The normalized spacial score (nSPS) is 12.9. The first-order chi connectivity index (χ1) is 8.54. The van der Waals surface area contributed by atoms with Gasteiger partial charge in [0.25, 0.3) is 0 Å². The maximum absolute atomic E-state index is 11.1. The lowest BCUT2D eigenvalue weighted by molar-refractivity contribution is -0.140. The molecule has 1 atom stereocenters. The lowest BCUT2D eigenvalue weighted by atomic mass is 10.0. The number of nitrogens with zero attached hydrogens (tertiary/aromatic N) is 4. The summed E-state index contributed by atoms with van der Waals surface area (Å²) in [5, 5.41) is 23.4. The van der Waals surface area contributed by atoms with Crippen molar-refractivity contribution < 1.29 is 9.90 Å². The molecule has 1 unspecified atom stereocenters. The molecule has 1 aromatic heterocycles. The minimum Gasteiger partial charge on any atom is -0.480 e. The van der Waals surface area contributed by atoms with Crippen LogP contribution in [0.1, 0.15) is 39.4 Å². The molecule has 0 aromatic carbocycles. The Hall–Kier alpha value is -1.50. The first kappa shape index (κ1) is 14.6. The van der Waals surface area contributed by atoms with Crippen molar-refractivity contribution >= 4 is 5.97 Å². The van der Waals surface area contributed by atoms with Gasteiger partial charge in [-0.1, -0.05) is 20.8 Å². The molecule has 7 heteroatoms. The van der Waals surface area contributed by atoms with E-state index in [1.807, 2.05) is 20.8 Å². The summed E-state index contributed by atoms with van der Waals surface area (Å²) in [5.41, 5.74) is 0. The van der Waals surface area contributed by atoms with Gasteiger partial charge in [-0.25, -0.2) is 4.68 Å². The van der Waals surface area contributed by atoms with Crippen LogP contribution in [0.3, 0.4) is 0 Å². The van der Waals surface area contributed by atoms with Crippen LogP contribution in [0.5, 0.6) is 0 Å². The molecule has 2 N–H and O–H groups in total. The maximum atomic E-state index is 11.1. The van der Waals surface area contributed by atoms with Crippen molar-refractivity contribution in [3.05, 3.63) is 5.82 Å². The van der Waals surface area contributed by atoms with E-state index in [4.69, 9.17) is 5.11 Å². The van der Waals surface area contributed by atoms with Crippen molar-refractivity contribution in [1.29, 1.82) is 0 Å². The quantitative estimate of drug-likeness (QED) is 0.709. The number of aliphatic carboxylic acids is 1. The Morgan fingerprint density at radius 3 is 2.78 bits per heavy atom. The lowest BCUT2D eigenvalue weighted by Gasteiger charge is -2.15. The van der Waals surface area contributed by atoms with Crippen LogP contribution in [0.4, 0.5) is 0 Å². The highest BCUT2D eigenvalue weighted by Crippen LogP contribution is 2.06. The Morgan fingerprint density at radius 2 is 2.22 bits per heavy atom. The summed E-state index contributed by atoms with van der Waals surface area (Å²) in [7, 11) is 0. The van der Waals surface area contributed by atoms with Gasteiger partial charge in [0.1, 0.15) is 6.04 Å². The Morgan fingerprint density at radius 1 is 1.50 bits per heavy atom. The molecule has 1 heterocycles. The van der Waals surface area contributed by atoms with E-state index in [-0.39, 0.29) is 0 Å². The van der Waals surface area contributed by atoms with Gasteiger partial charge >= 0.3 is 5.97 Å². The Kier molecular flexibility index (Phi) is 5.70. The standard InChI is InChI=1S/C11H21N5O2/c1-4-5-16-10(13-14-15-16)7-12-9(11(17)18)6-8(2)3/h8-9,12H,4-7H2,1-3H3,(H,17,18). The van der Waals surface area contributed by atoms with E-state index in [1.54, 1.807) is 4.68 Å². The van der Waals surface area contributed by atoms with Gasteiger partial charge in [0.05, 0.1) is 6.54 Å². The summed E-state index contributed by atoms with van der Waals surface area (Å²) in [6.07, 6.45) is 1.52. The van der Waals surface area contributed by atoms with Crippen LogP contribution < -0.4 is 5.32 Å². The maximum Gasteiger partial charge on any atom is 0.320 e. The predicted molar refractivity (Wildman–Crippen MR) is 65.8 cm³/mol. The van der Waals surface area contributed by atoms with Crippen LogP contribution in [0.25, 0.3) is 0 Å². The summed E-state index contributed by atoms with van der Waals surface area (Å²) in [5.74, 6) is 0.162. The van der Waals surface area contributed by atoms with E-state index in [2.05, 4.69) is 20.8 Å². The molecule has 0 aliphatic rings. The largest absolute Gasteiger partial charge is 0.480 e. The van der Waals surface area contributed by atoms with E-state index in [9.17, 15) is 4.79 Å². The zero-order chi connectivity index (χ0) is 13.5. The third kappa shape index (κ3) is 4.40. The number of rotatable bonds is 8. The molecule has 0 fully saturated rings. The summed E-state index contributed by atoms with van der Waals surface area (Å²) < 4.78 is 1.70. The number of hydrogen-bond donors (Lipinski definition) is 2. The Labute approximate surface area is 107 Å². The highest BCUT2D eigenvalue weighted by atomic mass is 16.4. The van der Waals surface area contributed by atoms with Gasteiger partial charge < -0.3 is 5.11 Å². The van der Waals surface area contributed by atoms with E-state index >= 15 is 0 Å². The number of carbonyl (C=O) groups is 1. The van der Waals surface area contributed by atoms with Crippen LogP contribution in [-0.4, -0.2) is 37.3 Å². The van der Waals surface area contributed by atoms with Gasteiger partial charge in [-0.3, -0.25) is 10.1 Å². The molecule has 0 saturated heterocycles. The zero-order valence-corrected chi connectivity index (χ0v) is 11.1. The number of carboxylic acid groups (broad SMARTS) is 1. The van der Waals surface area contributed by atoms with Gasteiger partial charge in [0.2, 0.25) is 0 Å². The second-order valence-electron chi connectivity index (χ2n) is 4.72.